The van der Waals surface area contributed by atoms with Crippen molar-refractivity contribution < 1.29 is 14.3 Å². The summed E-state index contributed by atoms with van der Waals surface area (Å²) in [5.41, 5.74) is 5.07. The molecule has 1 aliphatic heterocycles. The summed E-state index contributed by atoms with van der Waals surface area (Å²) < 4.78 is 5.60. The van der Waals surface area contributed by atoms with Crippen LogP contribution in [0, 0.1) is 20.8 Å². The zero-order valence-corrected chi connectivity index (χ0v) is 18.2. The highest BCUT2D eigenvalue weighted by atomic mass is 32.1. The fourth-order valence-corrected chi connectivity index (χ4v) is 4.10. The Kier molecular flexibility index (Phi) is 5.30. The van der Waals surface area contributed by atoms with Crippen LogP contribution in [0.15, 0.2) is 41.8 Å². The van der Waals surface area contributed by atoms with Crippen LogP contribution in [0.1, 0.15) is 23.1 Å². The predicted octanol–water partition coefficient (Wildman–Crippen LogP) is 4.49. The van der Waals surface area contributed by atoms with Gasteiger partial charge in [0.05, 0.1) is 16.4 Å². The molecule has 0 radical (unpaired) electrons. The van der Waals surface area contributed by atoms with Crippen LogP contribution in [-0.2, 0) is 9.59 Å². The Hall–Kier alpha value is -3.19. The van der Waals surface area contributed by atoms with Crippen molar-refractivity contribution in [3.63, 3.8) is 0 Å². The highest BCUT2D eigenvalue weighted by Gasteiger charge is 2.33. The molecule has 2 amide bonds. The number of hydrogen-bond acceptors (Lipinski definition) is 5. The van der Waals surface area contributed by atoms with Gasteiger partial charge in [0.1, 0.15) is 11.8 Å². The second-order valence-electron chi connectivity index (χ2n) is 7.47. The molecule has 1 atom stereocenters. The number of ether oxygens (including phenoxy) is 1. The number of thiazole rings is 1. The van der Waals surface area contributed by atoms with Gasteiger partial charge in [-0.2, -0.15) is 0 Å². The number of anilines is 2. The minimum Gasteiger partial charge on any atom is -0.482 e. The monoisotopic (exact) mass is 421 g/mol. The summed E-state index contributed by atoms with van der Waals surface area (Å²) in [6, 6.07) is 10.8. The van der Waals surface area contributed by atoms with E-state index in [1.807, 2.05) is 62.5 Å². The summed E-state index contributed by atoms with van der Waals surface area (Å²) in [4.78, 5) is 31.8. The molecule has 154 valence electrons. The Balaban J connectivity index is 1.66. The number of aryl methyl sites for hydroxylation is 3. The number of rotatable bonds is 4. The van der Waals surface area contributed by atoms with Crippen LogP contribution in [-0.4, -0.2) is 29.4 Å². The quantitative estimate of drug-likeness (QED) is 0.674. The summed E-state index contributed by atoms with van der Waals surface area (Å²) in [5.74, 6) is 0.0780. The summed E-state index contributed by atoms with van der Waals surface area (Å²) in [6.45, 7) is 7.50. The van der Waals surface area contributed by atoms with Crippen molar-refractivity contribution in [3.05, 3.63) is 57.9 Å². The number of carbonyl (C=O) groups excluding carboxylic acids is 2. The molecule has 3 aromatic rings. The molecule has 0 saturated carbocycles. The first-order valence-electron chi connectivity index (χ1n) is 9.73. The number of amides is 2. The van der Waals surface area contributed by atoms with Gasteiger partial charge in [-0.05, 0) is 63.1 Å². The maximum atomic E-state index is 13.0. The Bertz CT molecular complexity index is 1140. The van der Waals surface area contributed by atoms with Gasteiger partial charge in [-0.3, -0.25) is 14.5 Å². The van der Waals surface area contributed by atoms with E-state index in [1.165, 1.54) is 4.90 Å². The molecular formula is C23H23N3O3S. The van der Waals surface area contributed by atoms with Crippen LogP contribution in [0.4, 0.5) is 11.4 Å². The van der Waals surface area contributed by atoms with Crippen LogP contribution in [0.25, 0.3) is 11.3 Å². The minimum atomic E-state index is -0.701. The van der Waals surface area contributed by atoms with E-state index in [0.29, 0.717) is 11.4 Å². The van der Waals surface area contributed by atoms with Crippen molar-refractivity contribution in [2.24, 2.45) is 0 Å². The van der Waals surface area contributed by atoms with E-state index in [1.54, 1.807) is 18.3 Å². The van der Waals surface area contributed by atoms with E-state index in [-0.39, 0.29) is 18.4 Å². The molecule has 4 rings (SSSR count). The third kappa shape index (κ3) is 3.80. The first-order chi connectivity index (χ1) is 14.3. The smallest absolute Gasteiger partial charge is 0.265 e. The molecule has 0 bridgehead atoms. The zero-order valence-electron chi connectivity index (χ0n) is 17.4. The summed E-state index contributed by atoms with van der Waals surface area (Å²) in [6.07, 6.45) is 0. The van der Waals surface area contributed by atoms with Crippen molar-refractivity contribution in [1.82, 2.24) is 4.98 Å². The molecule has 1 aromatic heterocycles. The lowest BCUT2D eigenvalue weighted by Gasteiger charge is -2.33. The largest absolute Gasteiger partial charge is 0.482 e. The van der Waals surface area contributed by atoms with Gasteiger partial charge in [0.2, 0.25) is 5.91 Å². The number of hydrogen-bond donors (Lipinski definition) is 1. The summed E-state index contributed by atoms with van der Waals surface area (Å²) in [5, 5.41) is 5.91. The summed E-state index contributed by atoms with van der Waals surface area (Å²) in [7, 11) is 0. The first kappa shape index (κ1) is 20.1. The van der Waals surface area contributed by atoms with Gasteiger partial charge < -0.3 is 10.1 Å². The van der Waals surface area contributed by atoms with E-state index >= 15 is 0 Å². The Morgan fingerprint density at radius 3 is 2.73 bits per heavy atom. The lowest BCUT2D eigenvalue weighted by molar-refractivity contribution is -0.125. The van der Waals surface area contributed by atoms with Crippen LogP contribution < -0.4 is 15.0 Å². The van der Waals surface area contributed by atoms with Crippen LogP contribution in [0.3, 0.4) is 0 Å². The van der Waals surface area contributed by atoms with Crippen LogP contribution in [0.5, 0.6) is 5.75 Å². The molecule has 0 saturated heterocycles. The molecular weight excluding hydrogens is 398 g/mol. The molecule has 1 aliphatic rings. The number of nitrogens with zero attached hydrogens (tertiary/aromatic N) is 2. The topological polar surface area (TPSA) is 71.5 Å². The Morgan fingerprint density at radius 2 is 2.00 bits per heavy atom. The molecule has 0 fully saturated rings. The second-order valence-corrected chi connectivity index (χ2v) is 8.53. The molecule has 7 heteroatoms. The van der Waals surface area contributed by atoms with Gasteiger partial charge in [-0.15, -0.1) is 11.3 Å². The third-order valence-corrected chi connectivity index (χ3v) is 5.94. The van der Waals surface area contributed by atoms with Crippen molar-refractivity contribution >= 4 is 34.5 Å². The van der Waals surface area contributed by atoms with E-state index in [2.05, 4.69) is 10.3 Å². The van der Waals surface area contributed by atoms with E-state index < -0.39 is 6.04 Å². The van der Waals surface area contributed by atoms with Crippen LogP contribution >= 0.6 is 11.3 Å². The average molecular weight is 422 g/mol. The average Bonchev–Trinajstić information content (AvgIpc) is 3.16. The number of aromatic nitrogens is 1. The molecule has 30 heavy (non-hydrogen) atoms. The first-order valence-corrected chi connectivity index (χ1v) is 10.6. The van der Waals surface area contributed by atoms with E-state index in [4.69, 9.17) is 4.74 Å². The molecule has 2 aromatic carbocycles. The third-order valence-electron chi connectivity index (χ3n) is 5.17. The Morgan fingerprint density at radius 1 is 1.20 bits per heavy atom. The molecule has 2 heterocycles. The fraction of sp³-hybridized carbons (Fsp3) is 0.261. The molecule has 6 nitrogen and oxygen atoms in total. The van der Waals surface area contributed by atoms with Crippen molar-refractivity contribution in [1.29, 1.82) is 0 Å². The lowest BCUT2D eigenvalue weighted by atomic mass is 10.1. The predicted molar refractivity (Wildman–Crippen MR) is 119 cm³/mol. The van der Waals surface area contributed by atoms with Gasteiger partial charge in [-0.25, -0.2) is 4.98 Å². The SMILES string of the molecule is Cc1ccc(C)c(NC(=O)C(C)N2C(=O)COc3ccc(-c4csc(C)n4)cc32)c1. The van der Waals surface area contributed by atoms with Crippen molar-refractivity contribution in [2.45, 2.75) is 33.7 Å². The normalized spacial score (nSPS) is 14.1. The number of carbonyl (C=O) groups is 2. The van der Waals surface area contributed by atoms with Gasteiger partial charge in [0, 0.05) is 16.6 Å². The van der Waals surface area contributed by atoms with Gasteiger partial charge in [-0.1, -0.05) is 12.1 Å². The van der Waals surface area contributed by atoms with Gasteiger partial charge in [0.15, 0.2) is 6.61 Å². The Labute approximate surface area is 179 Å². The maximum absolute atomic E-state index is 13.0. The molecule has 1 unspecified atom stereocenters. The highest BCUT2D eigenvalue weighted by molar-refractivity contribution is 7.09. The van der Waals surface area contributed by atoms with E-state index in [9.17, 15) is 9.59 Å². The minimum absolute atomic E-state index is 0.0940. The fourth-order valence-electron chi connectivity index (χ4n) is 3.48. The highest BCUT2D eigenvalue weighted by Crippen LogP contribution is 2.37. The molecule has 0 aliphatic carbocycles. The van der Waals surface area contributed by atoms with Gasteiger partial charge >= 0.3 is 0 Å². The van der Waals surface area contributed by atoms with Gasteiger partial charge in [0.25, 0.3) is 5.91 Å². The lowest BCUT2D eigenvalue weighted by Crippen LogP contribution is -2.49. The summed E-state index contributed by atoms with van der Waals surface area (Å²) >= 11 is 1.57. The molecule has 1 N–H and O–H groups in total. The van der Waals surface area contributed by atoms with Crippen molar-refractivity contribution in [2.75, 3.05) is 16.8 Å². The zero-order chi connectivity index (χ0) is 21.4. The number of fused-ring (bicyclic) bond motifs is 1. The second kappa shape index (κ2) is 7.91. The number of nitrogens with one attached hydrogen (secondary N) is 1. The number of benzene rings is 2. The van der Waals surface area contributed by atoms with Crippen LogP contribution in [0.2, 0.25) is 0 Å². The molecule has 0 spiro atoms. The van der Waals surface area contributed by atoms with Crippen molar-refractivity contribution in [3.8, 4) is 17.0 Å². The van der Waals surface area contributed by atoms with E-state index in [0.717, 1.165) is 33.1 Å². The maximum Gasteiger partial charge on any atom is 0.265 e. The standard InChI is InChI=1S/C23H23N3O3S/c1-13-5-6-14(2)18(9-13)25-23(28)15(3)26-20-10-17(19-12-30-16(4)24-19)7-8-21(20)29-11-22(26)27/h5-10,12,15H,11H2,1-4H3,(H,25,28).